The van der Waals surface area contributed by atoms with E-state index in [1.807, 2.05) is 29.8 Å². The van der Waals surface area contributed by atoms with Crippen LogP contribution in [0.1, 0.15) is 11.4 Å². The van der Waals surface area contributed by atoms with Crippen LogP contribution in [0, 0.1) is 19.7 Å². The number of hydrogen-bond donors (Lipinski definition) is 1. The lowest BCUT2D eigenvalue weighted by Gasteiger charge is -2.08. The minimum absolute atomic E-state index is 0.0471. The fourth-order valence-electron chi connectivity index (χ4n) is 2.97. The van der Waals surface area contributed by atoms with E-state index in [1.54, 1.807) is 12.1 Å². The van der Waals surface area contributed by atoms with Gasteiger partial charge in [-0.3, -0.25) is 9.48 Å². The number of nitrogens with zero attached hydrogens (tertiary/aromatic N) is 2. The lowest BCUT2D eigenvalue weighted by Crippen LogP contribution is -2.29. The molecular weight excluding hydrogens is 361 g/mol. The van der Waals surface area contributed by atoms with Crippen molar-refractivity contribution in [2.45, 2.75) is 25.3 Å². The third kappa shape index (κ3) is 4.98. The van der Waals surface area contributed by atoms with Crippen molar-refractivity contribution in [3.63, 3.8) is 0 Å². The lowest BCUT2D eigenvalue weighted by molar-refractivity contribution is -0.118. The van der Waals surface area contributed by atoms with Crippen LogP contribution in [-0.4, -0.2) is 28.0 Å². The van der Waals surface area contributed by atoms with Gasteiger partial charge in [0.2, 0.25) is 5.91 Å². The number of thioether (sulfide) groups is 1. The van der Waals surface area contributed by atoms with Gasteiger partial charge in [0.1, 0.15) is 5.82 Å². The number of benzene rings is 2. The highest BCUT2D eigenvalue weighted by Crippen LogP contribution is 2.26. The Bertz CT molecular complexity index is 907. The molecule has 0 radical (unpaired) electrons. The molecule has 0 fully saturated rings. The quantitative estimate of drug-likeness (QED) is 0.622. The van der Waals surface area contributed by atoms with Crippen LogP contribution >= 0.6 is 11.8 Å². The molecule has 0 saturated heterocycles. The molecule has 0 unspecified atom stereocenters. The molecule has 1 amide bonds. The van der Waals surface area contributed by atoms with Crippen molar-refractivity contribution in [2.75, 3.05) is 12.3 Å². The van der Waals surface area contributed by atoms with E-state index in [2.05, 4.69) is 29.5 Å². The normalized spacial score (nSPS) is 10.8. The van der Waals surface area contributed by atoms with Gasteiger partial charge in [-0.15, -0.1) is 11.8 Å². The number of hydrogen-bond acceptors (Lipinski definition) is 3. The van der Waals surface area contributed by atoms with E-state index >= 15 is 0 Å². The van der Waals surface area contributed by atoms with E-state index in [0.29, 0.717) is 18.8 Å². The molecule has 0 aliphatic rings. The molecule has 0 aliphatic heterocycles. The van der Waals surface area contributed by atoms with Gasteiger partial charge in [-0.1, -0.05) is 30.3 Å². The standard InChI is InChI=1S/C21H22FN3OS/c1-15-21(17-6-4-3-5-7-17)16(2)25(24-15)13-12-23-20(26)14-27-19-10-8-18(22)9-11-19/h3-11H,12-14H2,1-2H3,(H,23,26). The predicted octanol–water partition coefficient (Wildman–Crippen LogP) is 4.21. The van der Waals surface area contributed by atoms with Crippen LogP contribution in [0.15, 0.2) is 59.5 Å². The fraction of sp³-hybridized carbons (Fsp3) is 0.238. The van der Waals surface area contributed by atoms with Crippen molar-refractivity contribution in [3.05, 3.63) is 71.8 Å². The van der Waals surface area contributed by atoms with Crippen LogP contribution in [0.4, 0.5) is 4.39 Å². The van der Waals surface area contributed by atoms with Gasteiger partial charge in [-0.05, 0) is 43.7 Å². The molecule has 2 aromatic carbocycles. The minimum Gasteiger partial charge on any atom is -0.354 e. The molecular formula is C21H22FN3OS. The predicted molar refractivity (Wildman–Crippen MR) is 107 cm³/mol. The Hall–Kier alpha value is -2.60. The highest BCUT2D eigenvalue weighted by Gasteiger charge is 2.13. The summed E-state index contributed by atoms with van der Waals surface area (Å²) in [5, 5.41) is 7.52. The molecule has 140 valence electrons. The number of rotatable bonds is 7. The summed E-state index contributed by atoms with van der Waals surface area (Å²) in [6, 6.07) is 16.3. The van der Waals surface area contributed by atoms with Crippen LogP contribution in [-0.2, 0) is 11.3 Å². The Morgan fingerprint density at radius 2 is 1.81 bits per heavy atom. The summed E-state index contributed by atoms with van der Waals surface area (Å²) >= 11 is 1.39. The molecule has 0 aliphatic carbocycles. The molecule has 4 nitrogen and oxygen atoms in total. The van der Waals surface area contributed by atoms with Gasteiger partial charge in [0.15, 0.2) is 0 Å². The first-order chi connectivity index (χ1) is 13.0. The summed E-state index contributed by atoms with van der Waals surface area (Å²) in [5.74, 6) is -0.0180. The number of carbonyl (C=O) groups excluding carboxylic acids is 1. The van der Waals surface area contributed by atoms with E-state index in [-0.39, 0.29) is 11.7 Å². The SMILES string of the molecule is Cc1nn(CCNC(=O)CSc2ccc(F)cc2)c(C)c1-c1ccccc1. The Kier molecular flexibility index (Phi) is 6.29. The lowest BCUT2D eigenvalue weighted by atomic mass is 10.0. The third-order valence-electron chi connectivity index (χ3n) is 4.27. The van der Waals surface area contributed by atoms with Gasteiger partial charge in [-0.25, -0.2) is 4.39 Å². The molecule has 0 bridgehead atoms. The maximum Gasteiger partial charge on any atom is 0.230 e. The third-order valence-corrected chi connectivity index (χ3v) is 5.29. The van der Waals surface area contributed by atoms with Crippen LogP contribution in [0.25, 0.3) is 11.1 Å². The Morgan fingerprint density at radius 1 is 1.11 bits per heavy atom. The van der Waals surface area contributed by atoms with Crippen molar-refractivity contribution in [1.29, 1.82) is 0 Å². The van der Waals surface area contributed by atoms with E-state index in [0.717, 1.165) is 27.4 Å². The zero-order valence-electron chi connectivity index (χ0n) is 15.4. The number of aryl methyl sites for hydroxylation is 1. The van der Waals surface area contributed by atoms with Crippen molar-refractivity contribution in [1.82, 2.24) is 15.1 Å². The highest BCUT2D eigenvalue weighted by molar-refractivity contribution is 8.00. The van der Waals surface area contributed by atoms with Crippen molar-refractivity contribution < 1.29 is 9.18 Å². The molecule has 27 heavy (non-hydrogen) atoms. The summed E-state index contributed by atoms with van der Waals surface area (Å²) in [6.45, 7) is 5.18. The maximum atomic E-state index is 12.9. The number of halogens is 1. The van der Waals surface area contributed by atoms with Crippen LogP contribution in [0.3, 0.4) is 0 Å². The molecule has 0 atom stereocenters. The maximum absolute atomic E-state index is 12.9. The largest absolute Gasteiger partial charge is 0.354 e. The van der Waals surface area contributed by atoms with Crippen LogP contribution in [0.2, 0.25) is 0 Å². The summed E-state index contributed by atoms with van der Waals surface area (Å²) in [4.78, 5) is 12.9. The van der Waals surface area contributed by atoms with Crippen molar-refractivity contribution in [3.8, 4) is 11.1 Å². The average molecular weight is 383 g/mol. The second-order valence-electron chi connectivity index (χ2n) is 6.23. The fourth-order valence-corrected chi connectivity index (χ4v) is 3.70. The van der Waals surface area contributed by atoms with E-state index in [1.165, 1.54) is 23.9 Å². The van der Waals surface area contributed by atoms with Gasteiger partial charge < -0.3 is 5.32 Å². The summed E-state index contributed by atoms with van der Waals surface area (Å²) in [7, 11) is 0. The van der Waals surface area contributed by atoms with Gasteiger partial charge in [0, 0.05) is 22.7 Å². The Morgan fingerprint density at radius 3 is 2.52 bits per heavy atom. The zero-order chi connectivity index (χ0) is 19.2. The molecule has 1 aromatic heterocycles. The molecule has 6 heteroatoms. The Labute approximate surface area is 162 Å². The van der Waals surface area contributed by atoms with Gasteiger partial charge >= 0.3 is 0 Å². The van der Waals surface area contributed by atoms with Crippen LogP contribution < -0.4 is 5.32 Å². The molecule has 0 saturated carbocycles. The zero-order valence-corrected chi connectivity index (χ0v) is 16.2. The molecule has 0 spiro atoms. The smallest absolute Gasteiger partial charge is 0.230 e. The van der Waals surface area contributed by atoms with E-state index < -0.39 is 0 Å². The molecule has 1 N–H and O–H groups in total. The number of nitrogens with one attached hydrogen (secondary N) is 1. The number of carbonyl (C=O) groups is 1. The topological polar surface area (TPSA) is 46.9 Å². The molecule has 1 heterocycles. The highest BCUT2D eigenvalue weighted by atomic mass is 32.2. The molecule has 3 aromatic rings. The first kappa shape index (κ1) is 19.2. The second-order valence-corrected chi connectivity index (χ2v) is 7.28. The van der Waals surface area contributed by atoms with E-state index in [9.17, 15) is 9.18 Å². The summed E-state index contributed by atoms with van der Waals surface area (Å²) < 4.78 is 14.8. The monoisotopic (exact) mass is 383 g/mol. The molecule has 3 rings (SSSR count). The summed E-state index contributed by atoms with van der Waals surface area (Å²) in [6.07, 6.45) is 0. The number of amides is 1. The first-order valence-electron chi connectivity index (χ1n) is 8.79. The first-order valence-corrected chi connectivity index (χ1v) is 9.77. The van der Waals surface area contributed by atoms with Gasteiger partial charge in [0.25, 0.3) is 0 Å². The van der Waals surface area contributed by atoms with Crippen molar-refractivity contribution in [2.24, 2.45) is 0 Å². The van der Waals surface area contributed by atoms with Crippen molar-refractivity contribution >= 4 is 17.7 Å². The second kappa shape index (κ2) is 8.86. The average Bonchev–Trinajstić information content (AvgIpc) is 2.95. The van der Waals surface area contributed by atoms with Gasteiger partial charge in [0.05, 0.1) is 18.0 Å². The minimum atomic E-state index is -0.274. The van der Waals surface area contributed by atoms with E-state index in [4.69, 9.17) is 0 Å². The number of aromatic nitrogens is 2. The Balaban J connectivity index is 1.52. The summed E-state index contributed by atoms with van der Waals surface area (Å²) in [5.41, 5.74) is 4.37. The van der Waals surface area contributed by atoms with Crippen LogP contribution in [0.5, 0.6) is 0 Å². The van der Waals surface area contributed by atoms with Gasteiger partial charge in [-0.2, -0.15) is 5.10 Å².